The summed E-state index contributed by atoms with van der Waals surface area (Å²) in [4.78, 5) is 0. The van der Waals surface area contributed by atoms with E-state index in [1.54, 1.807) is 0 Å². The fraction of sp³-hybridized carbons (Fsp3) is 0.538. The van der Waals surface area contributed by atoms with E-state index in [-0.39, 0.29) is 22.9 Å². The summed E-state index contributed by atoms with van der Waals surface area (Å²) >= 11 is 2.31. The summed E-state index contributed by atoms with van der Waals surface area (Å²) in [5, 5.41) is 9.44. The molecular weight excluding hydrogens is 675 g/mol. The molecule has 1 aliphatic carbocycles. The van der Waals surface area contributed by atoms with E-state index in [1.165, 1.54) is 44.5 Å². The summed E-state index contributed by atoms with van der Waals surface area (Å²) in [5.74, 6) is 0. The van der Waals surface area contributed by atoms with Crippen LogP contribution >= 0.6 is 22.6 Å². The Bertz CT molecular complexity index is 1360. The molecule has 1 atom stereocenters. The fourth-order valence-corrected chi connectivity index (χ4v) is 6.53. The maximum absolute atomic E-state index is 9.44. The Hall–Kier alpha value is -1.81. The Morgan fingerprint density at radius 3 is 1.58 bits per heavy atom. The van der Waals surface area contributed by atoms with E-state index >= 15 is 0 Å². The number of halogens is 1. The van der Waals surface area contributed by atoms with E-state index in [4.69, 9.17) is 18.9 Å². The third kappa shape index (κ3) is 9.17. The molecule has 1 aliphatic rings. The minimum atomic E-state index is -0.281. The minimum absolute atomic E-state index is 0.0231. The third-order valence-electron chi connectivity index (χ3n) is 8.86. The molecule has 6 heteroatoms. The Balaban J connectivity index is 1.66. The van der Waals surface area contributed by atoms with Gasteiger partial charge < -0.3 is 24.1 Å². The Kier molecular flexibility index (Phi) is 13.1. The van der Waals surface area contributed by atoms with E-state index in [0.717, 1.165) is 23.9 Å². The zero-order valence-electron chi connectivity index (χ0n) is 28.2. The molecule has 3 aromatic carbocycles. The van der Waals surface area contributed by atoms with E-state index in [1.807, 2.05) is 0 Å². The predicted molar refractivity (Wildman–Crippen MR) is 194 cm³/mol. The lowest BCUT2D eigenvalue weighted by Gasteiger charge is -2.34. The van der Waals surface area contributed by atoms with Gasteiger partial charge in [0.1, 0.15) is 0 Å². The highest BCUT2D eigenvalue weighted by molar-refractivity contribution is 14.1. The van der Waals surface area contributed by atoms with Gasteiger partial charge in [-0.1, -0.05) is 119 Å². The van der Waals surface area contributed by atoms with Crippen molar-refractivity contribution in [3.8, 4) is 22.3 Å². The molecule has 0 amide bonds. The van der Waals surface area contributed by atoms with Gasteiger partial charge in [-0.05, 0) is 74.2 Å². The molecule has 0 aromatic heterocycles. The highest BCUT2D eigenvalue weighted by Gasteiger charge is 2.43. The predicted octanol–water partition coefficient (Wildman–Crippen LogP) is 8.49. The molecule has 1 unspecified atom stereocenters. The smallest absolute Gasteiger partial charge is 0.0701 e. The van der Waals surface area contributed by atoms with Crippen LogP contribution in [-0.2, 0) is 35.2 Å². The molecule has 4 rings (SSSR count). The SMILES string of the molecule is CC(C)(C)c1ccc(-c2ccc3c(c2)C(CCOCCO)(CCOCCOCCOCCI)c2cc(C(C)(C)C)ccc2-3)cc1. The first-order valence-electron chi connectivity index (χ1n) is 16.4. The zero-order chi connectivity index (χ0) is 32.5. The van der Waals surface area contributed by atoms with Crippen molar-refractivity contribution in [3.63, 3.8) is 0 Å². The second kappa shape index (κ2) is 16.3. The van der Waals surface area contributed by atoms with Crippen molar-refractivity contribution < 1.29 is 24.1 Å². The standard InChI is InChI=1S/C39H53IO5/c1-37(2,3)31-10-7-29(8-11-31)30-9-13-33-34-14-12-32(38(4,5)6)28-36(34)39(35(33)27-30,15-19-42-22-18-41)16-20-43-23-25-45-26-24-44-21-17-40/h7-14,27-28,41H,15-26H2,1-6H3. The van der Waals surface area contributed by atoms with E-state index in [9.17, 15) is 5.11 Å². The summed E-state index contributed by atoms with van der Waals surface area (Å²) < 4.78 is 24.4. The molecule has 246 valence electrons. The molecule has 0 bridgehead atoms. The van der Waals surface area contributed by atoms with Gasteiger partial charge in [-0.3, -0.25) is 0 Å². The quantitative estimate of drug-likeness (QED) is 0.0859. The van der Waals surface area contributed by atoms with E-state index in [2.05, 4.69) is 125 Å². The van der Waals surface area contributed by atoms with Crippen LogP contribution in [0.1, 0.15) is 76.6 Å². The van der Waals surface area contributed by atoms with Gasteiger partial charge in [0.05, 0.1) is 46.2 Å². The van der Waals surface area contributed by atoms with Crippen molar-refractivity contribution in [1.29, 1.82) is 0 Å². The van der Waals surface area contributed by atoms with Crippen LogP contribution in [0.15, 0.2) is 60.7 Å². The van der Waals surface area contributed by atoms with Crippen LogP contribution < -0.4 is 0 Å². The molecular formula is C39H53IO5. The fourth-order valence-electron chi connectivity index (χ4n) is 6.22. The van der Waals surface area contributed by atoms with Gasteiger partial charge in [0.2, 0.25) is 0 Å². The number of alkyl halides is 1. The van der Waals surface area contributed by atoms with E-state index < -0.39 is 0 Å². The van der Waals surface area contributed by atoms with Gasteiger partial charge in [-0.25, -0.2) is 0 Å². The first-order valence-corrected chi connectivity index (χ1v) is 17.9. The number of benzene rings is 3. The van der Waals surface area contributed by atoms with Gasteiger partial charge in [-0.2, -0.15) is 0 Å². The number of hydrogen-bond donors (Lipinski definition) is 1. The molecule has 0 spiro atoms. The number of fused-ring (bicyclic) bond motifs is 3. The first kappa shape index (κ1) is 36.0. The molecule has 0 saturated heterocycles. The highest BCUT2D eigenvalue weighted by Crippen LogP contribution is 2.54. The van der Waals surface area contributed by atoms with Gasteiger partial charge in [0.15, 0.2) is 0 Å². The summed E-state index contributed by atoms with van der Waals surface area (Å²) in [6.07, 6.45) is 1.63. The largest absolute Gasteiger partial charge is 0.394 e. The number of hydrogen-bond acceptors (Lipinski definition) is 5. The lowest BCUT2D eigenvalue weighted by Crippen LogP contribution is -2.30. The van der Waals surface area contributed by atoms with Gasteiger partial charge >= 0.3 is 0 Å². The van der Waals surface area contributed by atoms with Crippen LogP contribution in [0, 0.1) is 0 Å². The minimum Gasteiger partial charge on any atom is -0.394 e. The average Bonchev–Trinajstić information content (AvgIpc) is 3.28. The van der Waals surface area contributed by atoms with Gasteiger partial charge in [0.25, 0.3) is 0 Å². The summed E-state index contributed by atoms with van der Waals surface area (Å²) in [5.41, 5.74) is 10.2. The maximum Gasteiger partial charge on any atom is 0.0701 e. The maximum atomic E-state index is 9.44. The normalized spacial score (nSPS) is 16.2. The molecule has 0 fully saturated rings. The number of aliphatic hydroxyl groups excluding tert-OH is 1. The molecule has 1 N–H and O–H groups in total. The van der Waals surface area contributed by atoms with Crippen LogP contribution in [0.5, 0.6) is 0 Å². The van der Waals surface area contributed by atoms with E-state index in [0.29, 0.717) is 46.2 Å². The summed E-state index contributed by atoms with van der Waals surface area (Å²) in [7, 11) is 0. The number of rotatable bonds is 17. The van der Waals surface area contributed by atoms with Crippen molar-refractivity contribution in [2.24, 2.45) is 0 Å². The number of ether oxygens (including phenoxy) is 4. The lowest BCUT2D eigenvalue weighted by atomic mass is 9.71. The van der Waals surface area contributed by atoms with Crippen molar-refractivity contribution in [2.45, 2.75) is 70.6 Å². The molecule has 0 radical (unpaired) electrons. The molecule has 3 aromatic rings. The lowest BCUT2D eigenvalue weighted by molar-refractivity contribution is 0.0137. The van der Waals surface area contributed by atoms with Crippen LogP contribution in [0.4, 0.5) is 0 Å². The van der Waals surface area contributed by atoms with Crippen molar-refractivity contribution in [3.05, 3.63) is 82.9 Å². The van der Waals surface area contributed by atoms with Crippen molar-refractivity contribution in [1.82, 2.24) is 0 Å². The zero-order valence-corrected chi connectivity index (χ0v) is 30.4. The average molecular weight is 729 g/mol. The van der Waals surface area contributed by atoms with Crippen LogP contribution in [0.25, 0.3) is 22.3 Å². The Labute approximate surface area is 285 Å². The second-order valence-corrected chi connectivity index (χ2v) is 15.1. The molecule has 45 heavy (non-hydrogen) atoms. The van der Waals surface area contributed by atoms with Crippen LogP contribution in [-0.4, -0.2) is 69.0 Å². The number of aliphatic hydroxyl groups is 1. The topological polar surface area (TPSA) is 57.2 Å². The Morgan fingerprint density at radius 1 is 0.556 bits per heavy atom. The summed E-state index contributed by atoms with van der Waals surface area (Å²) in [6.45, 7) is 18.2. The van der Waals surface area contributed by atoms with Crippen molar-refractivity contribution >= 4 is 22.6 Å². The van der Waals surface area contributed by atoms with Crippen LogP contribution in [0.3, 0.4) is 0 Å². The molecule has 0 heterocycles. The summed E-state index contributed by atoms with van der Waals surface area (Å²) in [6, 6.07) is 23.0. The van der Waals surface area contributed by atoms with Gasteiger partial charge in [0, 0.05) is 23.1 Å². The van der Waals surface area contributed by atoms with Crippen molar-refractivity contribution in [2.75, 3.05) is 63.9 Å². The second-order valence-electron chi connectivity index (χ2n) is 14.0. The van der Waals surface area contributed by atoms with Gasteiger partial charge in [-0.15, -0.1) is 0 Å². The molecule has 5 nitrogen and oxygen atoms in total. The first-order chi connectivity index (χ1) is 21.5. The molecule has 0 aliphatic heterocycles. The monoisotopic (exact) mass is 728 g/mol. The Morgan fingerprint density at radius 2 is 1.02 bits per heavy atom. The highest BCUT2D eigenvalue weighted by atomic mass is 127. The molecule has 0 saturated carbocycles. The van der Waals surface area contributed by atoms with Crippen LogP contribution in [0.2, 0.25) is 0 Å². The third-order valence-corrected chi connectivity index (χ3v) is 9.30.